The van der Waals surface area contributed by atoms with E-state index in [-0.39, 0.29) is 5.56 Å². The summed E-state index contributed by atoms with van der Waals surface area (Å²) in [5.74, 6) is -4.32. The molecule has 0 saturated heterocycles. The zero-order valence-electron chi connectivity index (χ0n) is 10.5. The fourth-order valence-electron chi connectivity index (χ4n) is 1.43. The minimum atomic E-state index is -5.31. The molecule has 5 nitrogen and oxygen atoms in total. The summed E-state index contributed by atoms with van der Waals surface area (Å²) in [5, 5.41) is 9.94. The molecular weight excluding hydrogens is 322 g/mol. The molecule has 22 heavy (non-hydrogen) atoms. The molecule has 1 amide bonds. The predicted octanol–water partition coefficient (Wildman–Crippen LogP) is 1.77. The molecule has 1 unspecified atom stereocenters. The molecule has 0 saturated carbocycles. The Hall–Kier alpha value is -2.33. The number of pyridine rings is 1. The zero-order chi connectivity index (χ0) is 17.1. The van der Waals surface area contributed by atoms with Gasteiger partial charge in [0.15, 0.2) is 0 Å². The third-order valence-electron chi connectivity index (χ3n) is 2.42. The van der Waals surface area contributed by atoms with Gasteiger partial charge in [-0.05, 0) is 11.6 Å². The molecule has 0 aliphatic rings. The van der Waals surface area contributed by atoms with E-state index in [0.717, 1.165) is 6.20 Å². The van der Waals surface area contributed by atoms with Crippen LogP contribution in [0.2, 0.25) is 0 Å². The largest absolute Gasteiger partial charge is 0.480 e. The van der Waals surface area contributed by atoms with Crippen LogP contribution in [0, 0.1) is 0 Å². The first kappa shape index (κ1) is 17.7. The molecule has 0 fully saturated rings. The van der Waals surface area contributed by atoms with Gasteiger partial charge in [0.05, 0.1) is 5.56 Å². The minimum absolute atomic E-state index is 0.287. The minimum Gasteiger partial charge on any atom is -0.480 e. The molecule has 0 radical (unpaired) electrons. The Bertz CT molecular complexity index is 570. The third-order valence-corrected chi connectivity index (χ3v) is 2.42. The lowest BCUT2D eigenvalue weighted by Gasteiger charge is -2.16. The smallest absolute Gasteiger partial charge is 0.471 e. The van der Waals surface area contributed by atoms with Crippen LogP contribution >= 0.6 is 0 Å². The number of aliphatic carboxylic acids is 1. The number of carbonyl (C=O) groups is 2. The van der Waals surface area contributed by atoms with Crippen molar-refractivity contribution < 1.29 is 41.0 Å². The average molecular weight is 330 g/mol. The lowest BCUT2D eigenvalue weighted by atomic mass is 10.1. The normalized spacial score (nSPS) is 13.5. The highest BCUT2D eigenvalue weighted by Gasteiger charge is 2.41. The van der Waals surface area contributed by atoms with E-state index in [2.05, 4.69) is 4.98 Å². The maximum absolute atomic E-state index is 12.5. The van der Waals surface area contributed by atoms with Gasteiger partial charge >= 0.3 is 24.2 Å². The van der Waals surface area contributed by atoms with Crippen molar-refractivity contribution in [2.45, 2.75) is 24.8 Å². The number of hydrogen-bond donors (Lipinski definition) is 2. The van der Waals surface area contributed by atoms with Crippen LogP contribution in [0.3, 0.4) is 0 Å². The van der Waals surface area contributed by atoms with Crippen molar-refractivity contribution >= 4 is 11.9 Å². The van der Waals surface area contributed by atoms with E-state index in [9.17, 15) is 35.9 Å². The lowest BCUT2D eigenvalue weighted by molar-refractivity contribution is -0.175. The number of aromatic nitrogens is 1. The summed E-state index contributed by atoms with van der Waals surface area (Å²) < 4.78 is 73.6. The molecule has 0 spiro atoms. The number of halogens is 6. The summed E-state index contributed by atoms with van der Waals surface area (Å²) in [7, 11) is 0. The molecule has 1 aromatic rings. The van der Waals surface area contributed by atoms with Crippen molar-refractivity contribution in [3.05, 3.63) is 29.6 Å². The summed E-state index contributed by atoms with van der Waals surface area (Å²) in [6.07, 6.45) is -9.48. The first-order valence-corrected chi connectivity index (χ1v) is 5.53. The Morgan fingerprint density at radius 3 is 2.23 bits per heavy atom. The number of alkyl halides is 6. The van der Waals surface area contributed by atoms with Gasteiger partial charge in [0, 0.05) is 18.8 Å². The predicted molar refractivity (Wildman–Crippen MR) is 58.6 cm³/mol. The average Bonchev–Trinajstić information content (AvgIpc) is 2.36. The summed E-state index contributed by atoms with van der Waals surface area (Å²) >= 11 is 0. The number of nitrogens with zero attached hydrogens (tertiary/aromatic N) is 1. The fourth-order valence-corrected chi connectivity index (χ4v) is 1.43. The SMILES string of the molecule is O=C(O)C(Cc1cncc(C(F)(F)F)c1)NC(=O)C(F)(F)F. The van der Waals surface area contributed by atoms with E-state index >= 15 is 0 Å². The van der Waals surface area contributed by atoms with Gasteiger partial charge in [-0.1, -0.05) is 0 Å². The molecule has 1 heterocycles. The van der Waals surface area contributed by atoms with E-state index < -0.39 is 42.3 Å². The van der Waals surface area contributed by atoms with E-state index in [1.165, 1.54) is 5.32 Å². The summed E-state index contributed by atoms with van der Waals surface area (Å²) in [6.45, 7) is 0. The van der Waals surface area contributed by atoms with Gasteiger partial charge in [0.1, 0.15) is 6.04 Å². The highest BCUT2D eigenvalue weighted by Crippen LogP contribution is 2.29. The van der Waals surface area contributed by atoms with Crippen LogP contribution in [0.5, 0.6) is 0 Å². The molecule has 122 valence electrons. The molecule has 1 atom stereocenters. The van der Waals surface area contributed by atoms with Gasteiger partial charge < -0.3 is 10.4 Å². The lowest BCUT2D eigenvalue weighted by Crippen LogP contribution is -2.47. The van der Waals surface area contributed by atoms with Crippen LogP contribution in [0.4, 0.5) is 26.3 Å². The molecule has 1 aromatic heterocycles. The van der Waals surface area contributed by atoms with Crippen LogP contribution in [0.1, 0.15) is 11.1 Å². The highest BCUT2D eigenvalue weighted by molar-refractivity contribution is 5.87. The second-order valence-corrected chi connectivity index (χ2v) is 4.15. The molecule has 2 N–H and O–H groups in total. The Kier molecular flexibility index (Phi) is 4.99. The maximum atomic E-state index is 12.5. The van der Waals surface area contributed by atoms with Gasteiger partial charge in [-0.25, -0.2) is 4.79 Å². The van der Waals surface area contributed by atoms with Gasteiger partial charge in [-0.3, -0.25) is 9.78 Å². The topological polar surface area (TPSA) is 79.3 Å². The Morgan fingerprint density at radius 2 is 1.77 bits per heavy atom. The van der Waals surface area contributed by atoms with Crippen molar-refractivity contribution in [1.82, 2.24) is 10.3 Å². The van der Waals surface area contributed by atoms with Gasteiger partial charge in [0.2, 0.25) is 0 Å². The summed E-state index contributed by atoms with van der Waals surface area (Å²) in [5.41, 5.74) is -1.47. The van der Waals surface area contributed by atoms with Crippen LogP contribution < -0.4 is 5.32 Å². The summed E-state index contributed by atoms with van der Waals surface area (Å²) in [6, 6.07) is -1.50. The number of amides is 1. The van der Waals surface area contributed by atoms with Crippen molar-refractivity contribution in [3.8, 4) is 0 Å². The van der Waals surface area contributed by atoms with Crippen molar-refractivity contribution in [3.63, 3.8) is 0 Å². The monoisotopic (exact) mass is 330 g/mol. The third kappa shape index (κ3) is 4.90. The number of carbonyl (C=O) groups excluding carboxylic acids is 1. The van der Waals surface area contributed by atoms with E-state index in [1.54, 1.807) is 0 Å². The maximum Gasteiger partial charge on any atom is 0.471 e. The molecule has 11 heteroatoms. The summed E-state index contributed by atoms with van der Waals surface area (Å²) in [4.78, 5) is 24.8. The Balaban J connectivity index is 2.93. The molecule has 1 rings (SSSR count). The number of rotatable bonds is 4. The van der Waals surface area contributed by atoms with Crippen LogP contribution in [0.15, 0.2) is 18.5 Å². The quantitative estimate of drug-likeness (QED) is 0.825. The first-order valence-electron chi connectivity index (χ1n) is 5.53. The van der Waals surface area contributed by atoms with Crippen LogP contribution in [0.25, 0.3) is 0 Å². The van der Waals surface area contributed by atoms with Gasteiger partial charge in [-0.2, -0.15) is 26.3 Å². The molecule has 0 aromatic carbocycles. The van der Waals surface area contributed by atoms with E-state index in [1.807, 2.05) is 0 Å². The zero-order valence-corrected chi connectivity index (χ0v) is 10.5. The number of hydrogen-bond acceptors (Lipinski definition) is 3. The number of carboxylic acids is 1. The molecule has 0 aliphatic carbocycles. The standard InChI is InChI=1S/C11H8F6N2O3/c12-10(13,14)6-1-5(3-18-4-6)2-7(8(20)21)19-9(22)11(15,16)17/h1,3-4,7H,2H2,(H,19,22)(H,20,21). The van der Waals surface area contributed by atoms with Crippen molar-refractivity contribution in [2.24, 2.45) is 0 Å². The second kappa shape index (κ2) is 6.20. The van der Waals surface area contributed by atoms with Crippen LogP contribution in [-0.4, -0.2) is 34.2 Å². The fraction of sp³-hybridized carbons (Fsp3) is 0.364. The number of carboxylic acid groups (broad SMARTS) is 1. The molecular formula is C11H8F6N2O3. The highest BCUT2D eigenvalue weighted by atomic mass is 19.4. The van der Waals surface area contributed by atoms with Gasteiger partial charge in [0.25, 0.3) is 0 Å². The van der Waals surface area contributed by atoms with Crippen molar-refractivity contribution in [2.75, 3.05) is 0 Å². The molecule has 0 aliphatic heterocycles. The van der Waals surface area contributed by atoms with Crippen LogP contribution in [-0.2, 0) is 22.2 Å². The number of nitrogens with one attached hydrogen (secondary N) is 1. The second-order valence-electron chi connectivity index (χ2n) is 4.15. The molecule has 0 bridgehead atoms. The van der Waals surface area contributed by atoms with E-state index in [4.69, 9.17) is 5.11 Å². The van der Waals surface area contributed by atoms with Crippen molar-refractivity contribution in [1.29, 1.82) is 0 Å². The van der Waals surface area contributed by atoms with E-state index in [0.29, 0.717) is 12.3 Å². The Morgan fingerprint density at radius 1 is 1.18 bits per heavy atom. The van der Waals surface area contributed by atoms with Gasteiger partial charge in [-0.15, -0.1) is 0 Å². The first-order chi connectivity index (χ1) is 9.91. The Labute approximate surface area is 119 Å².